The van der Waals surface area contributed by atoms with E-state index in [-0.39, 0.29) is 10.4 Å². The molecule has 0 N–H and O–H groups in total. The standard InChI is InChI=1S/C12H21BrO2/c1-3-5-7-12(15-4-2)8-6-10(13)11(14)9-12/h10H,3-9H2,1-2H3. The van der Waals surface area contributed by atoms with Crippen LogP contribution in [0.25, 0.3) is 0 Å². The minimum atomic E-state index is -0.147. The van der Waals surface area contributed by atoms with Crippen molar-refractivity contribution in [1.82, 2.24) is 0 Å². The Labute approximate surface area is 101 Å². The average molecular weight is 277 g/mol. The van der Waals surface area contributed by atoms with Gasteiger partial charge in [0, 0.05) is 13.0 Å². The summed E-state index contributed by atoms with van der Waals surface area (Å²) < 4.78 is 5.85. The van der Waals surface area contributed by atoms with E-state index in [4.69, 9.17) is 4.74 Å². The van der Waals surface area contributed by atoms with Crippen LogP contribution in [0.5, 0.6) is 0 Å². The first-order valence-corrected chi connectivity index (χ1v) is 6.86. The summed E-state index contributed by atoms with van der Waals surface area (Å²) in [6, 6.07) is 0. The first-order chi connectivity index (χ1) is 7.13. The van der Waals surface area contributed by atoms with Crippen molar-refractivity contribution in [1.29, 1.82) is 0 Å². The lowest BCUT2D eigenvalue weighted by atomic mass is 9.80. The number of carbonyl (C=O) groups is 1. The van der Waals surface area contributed by atoms with Crippen molar-refractivity contribution in [3.8, 4) is 0 Å². The first kappa shape index (κ1) is 13.2. The van der Waals surface area contributed by atoms with E-state index >= 15 is 0 Å². The predicted molar refractivity (Wildman–Crippen MR) is 65.5 cm³/mol. The molecule has 0 aliphatic heterocycles. The van der Waals surface area contributed by atoms with Gasteiger partial charge in [-0.2, -0.15) is 0 Å². The smallest absolute Gasteiger partial charge is 0.149 e. The normalized spacial score (nSPS) is 31.9. The van der Waals surface area contributed by atoms with Crippen LogP contribution in [-0.2, 0) is 9.53 Å². The molecule has 88 valence electrons. The molecular formula is C12H21BrO2. The van der Waals surface area contributed by atoms with Gasteiger partial charge in [0.2, 0.25) is 0 Å². The second kappa shape index (κ2) is 6.00. The molecule has 0 radical (unpaired) electrons. The van der Waals surface area contributed by atoms with Gasteiger partial charge in [-0.25, -0.2) is 0 Å². The molecule has 0 heterocycles. The molecule has 0 aromatic carbocycles. The number of rotatable bonds is 5. The number of halogens is 1. The van der Waals surface area contributed by atoms with Crippen molar-refractivity contribution in [3.05, 3.63) is 0 Å². The van der Waals surface area contributed by atoms with E-state index in [1.807, 2.05) is 6.92 Å². The fourth-order valence-corrected chi connectivity index (χ4v) is 2.67. The van der Waals surface area contributed by atoms with Gasteiger partial charge in [-0.05, 0) is 26.2 Å². The Morgan fingerprint density at radius 3 is 2.80 bits per heavy atom. The van der Waals surface area contributed by atoms with Crippen molar-refractivity contribution < 1.29 is 9.53 Å². The molecule has 0 aromatic rings. The molecule has 2 atom stereocenters. The van der Waals surface area contributed by atoms with E-state index in [1.165, 1.54) is 6.42 Å². The van der Waals surface area contributed by atoms with Crippen LogP contribution in [0.4, 0.5) is 0 Å². The summed E-state index contributed by atoms with van der Waals surface area (Å²) in [5.74, 6) is 0.311. The van der Waals surface area contributed by atoms with Gasteiger partial charge in [-0.3, -0.25) is 4.79 Å². The third-order valence-electron chi connectivity index (χ3n) is 3.14. The van der Waals surface area contributed by atoms with Crippen LogP contribution in [0.2, 0.25) is 0 Å². The maximum Gasteiger partial charge on any atom is 0.149 e. The Bertz CT molecular complexity index is 214. The molecule has 1 aliphatic carbocycles. The van der Waals surface area contributed by atoms with E-state index < -0.39 is 0 Å². The van der Waals surface area contributed by atoms with Gasteiger partial charge in [0.15, 0.2) is 0 Å². The van der Waals surface area contributed by atoms with Crippen molar-refractivity contribution in [2.45, 2.75) is 62.8 Å². The summed E-state index contributed by atoms with van der Waals surface area (Å²) in [4.78, 5) is 11.8. The van der Waals surface area contributed by atoms with E-state index in [1.54, 1.807) is 0 Å². The van der Waals surface area contributed by atoms with Crippen LogP contribution in [-0.4, -0.2) is 22.8 Å². The fraction of sp³-hybridized carbons (Fsp3) is 0.917. The largest absolute Gasteiger partial charge is 0.375 e. The Morgan fingerprint density at radius 2 is 2.27 bits per heavy atom. The molecule has 0 amide bonds. The zero-order valence-electron chi connectivity index (χ0n) is 9.72. The van der Waals surface area contributed by atoms with Gasteiger partial charge in [0.1, 0.15) is 5.78 Å². The number of unbranched alkanes of at least 4 members (excludes halogenated alkanes) is 1. The van der Waals surface area contributed by atoms with Gasteiger partial charge < -0.3 is 4.74 Å². The molecule has 0 bridgehead atoms. The average Bonchev–Trinajstić information content (AvgIpc) is 2.22. The number of ketones is 1. The van der Waals surface area contributed by atoms with Crippen LogP contribution in [0.3, 0.4) is 0 Å². The monoisotopic (exact) mass is 276 g/mol. The number of Topliss-reactive ketones (excluding diaryl/α,β-unsaturated/α-hetero) is 1. The molecule has 1 aliphatic rings. The summed E-state index contributed by atoms with van der Waals surface area (Å²) in [7, 11) is 0. The maximum absolute atomic E-state index is 11.7. The Balaban J connectivity index is 2.60. The van der Waals surface area contributed by atoms with E-state index in [2.05, 4.69) is 22.9 Å². The highest BCUT2D eigenvalue weighted by Gasteiger charge is 2.39. The van der Waals surface area contributed by atoms with Gasteiger partial charge in [0.25, 0.3) is 0 Å². The van der Waals surface area contributed by atoms with Crippen LogP contribution >= 0.6 is 15.9 Å². The van der Waals surface area contributed by atoms with Crippen molar-refractivity contribution in [2.75, 3.05) is 6.61 Å². The topological polar surface area (TPSA) is 26.3 Å². The number of ether oxygens (including phenoxy) is 1. The number of alkyl halides is 1. The number of carbonyl (C=O) groups excluding carboxylic acids is 1. The zero-order chi connectivity index (χ0) is 11.3. The lowest BCUT2D eigenvalue weighted by Gasteiger charge is -2.38. The summed E-state index contributed by atoms with van der Waals surface area (Å²) in [6.07, 6.45) is 5.88. The lowest BCUT2D eigenvalue weighted by Crippen LogP contribution is -2.42. The quantitative estimate of drug-likeness (QED) is 0.719. The van der Waals surface area contributed by atoms with Crippen molar-refractivity contribution in [3.63, 3.8) is 0 Å². The van der Waals surface area contributed by atoms with Crippen molar-refractivity contribution in [2.24, 2.45) is 0 Å². The van der Waals surface area contributed by atoms with Crippen LogP contribution in [0.15, 0.2) is 0 Å². The number of hydrogen-bond acceptors (Lipinski definition) is 2. The molecule has 1 saturated carbocycles. The molecule has 2 unspecified atom stereocenters. The molecule has 0 saturated heterocycles. The van der Waals surface area contributed by atoms with E-state index in [0.29, 0.717) is 18.8 Å². The highest BCUT2D eigenvalue weighted by molar-refractivity contribution is 9.10. The molecule has 1 rings (SSSR count). The molecule has 15 heavy (non-hydrogen) atoms. The Morgan fingerprint density at radius 1 is 1.53 bits per heavy atom. The maximum atomic E-state index is 11.7. The predicted octanol–water partition coefficient (Wildman–Crippen LogP) is 3.47. The Kier molecular flexibility index (Phi) is 5.27. The fourth-order valence-electron chi connectivity index (χ4n) is 2.28. The van der Waals surface area contributed by atoms with E-state index in [0.717, 1.165) is 25.7 Å². The second-order valence-electron chi connectivity index (χ2n) is 4.37. The summed E-state index contributed by atoms with van der Waals surface area (Å²) in [6.45, 7) is 4.90. The lowest BCUT2D eigenvalue weighted by molar-refractivity contribution is -0.133. The van der Waals surface area contributed by atoms with Crippen LogP contribution in [0, 0.1) is 0 Å². The summed E-state index contributed by atoms with van der Waals surface area (Å²) in [5.41, 5.74) is -0.147. The molecule has 2 nitrogen and oxygen atoms in total. The van der Waals surface area contributed by atoms with E-state index in [9.17, 15) is 4.79 Å². The summed E-state index contributed by atoms with van der Waals surface area (Å²) >= 11 is 3.42. The highest BCUT2D eigenvalue weighted by atomic mass is 79.9. The SMILES string of the molecule is CCCCC1(OCC)CCC(Br)C(=O)C1. The molecular weight excluding hydrogens is 256 g/mol. The molecule has 3 heteroatoms. The first-order valence-electron chi connectivity index (χ1n) is 5.94. The van der Waals surface area contributed by atoms with Gasteiger partial charge in [-0.1, -0.05) is 35.7 Å². The third-order valence-corrected chi connectivity index (χ3v) is 4.10. The minimum Gasteiger partial charge on any atom is -0.375 e. The van der Waals surface area contributed by atoms with Crippen molar-refractivity contribution >= 4 is 21.7 Å². The summed E-state index contributed by atoms with van der Waals surface area (Å²) in [5, 5.41) is 0. The van der Waals surface area contributed by atoms with Crippen LogP contribution < -0.4 is 0 Å². The highest BCUT2D eigenvalue weighted by Crippen LogP contribution is 2.36. The second-order valence-corrected chi connectivity index (χ2v) is 5.47. The molecule has 0 spiro atoms. The van der Waals surface area contributed by atoms with Gasteiger partial charge in [-0.15, -0.1) is 0 Å². The van der Waals surface area contributed by atoms with Crippen LogP contribution in [0.1, 0.15) is 52.4 Å². The molecule has 0 aromatic heterocycles. The Hall–Kier alpha value is 0.110. The minimum absolute atomic E-state index is 0.0627. The number of hydrogen-bond donors (Lipinski definition) is 0. The van der Waals surface area contributed by atoms with Gasteiger partial charge in [0.05, 0.1) is 10.4 Å². The van der Waals surface area contributed by atoms with Gasteiger partial charge >= 0.3 is 0 Å². The molecule has 1 fully saturated rings. The zero-order valence-corrected chi connectivity index (χ0v) is 11.3. The third kappa shape index (κ3) is 3.56.